The lowest BCUT2D eigenvalue weighted by Gasteiger charge is -2.16. The minimum Gasteiger partial charge on any atom is -0.451 e. The van der Waals surface area contributed by atoms with E-state index in [2.05, 4.69) is 5.32 Å². The number of nitrogens with one attached hydrogen (secondary N) is 1. The molecule has 0 saturated carbocycles. The van der Waals surface area contributed by atoms with Crippen molar-refractivity contribution in [2.75, 3.05) is 11.9 Å². The number of ether oxygens (including phenoxy) is 2. The van der Waals surface area contributed by atoms with Gasteiger partial charge in [-0.1, -0.05) is 12.1 Å². The molecule has 0 aromatic heterocycles. The molecule has 22 heavy (non-hydrogen) atoms. The van der Waals surface area contributed by atoms with E-state index in [0.29, 0.717) is 24.3 Å². The smallest absolute Gasteiger partial charge is 0.336 e. The highest BCUT2D eigenvalue weighted by Crippen LogP contribution is 2.15. The summed E-state index contributed by atoms with van der Waals surface area (Å²) in [5.74, 6) is -1.06. The number of hydrogen-bond acceptors (Lipinski definition) is 5. The van der Waals surface area contributed by atoms with E-state index in [-0.39, 0.29) is 5.78 Å². The van der Waals surface area contributed by atoms with Crippen LogP contribution in [0, 0.1) is 0 Å². The summed E-state index contributed by atoms with van der Waals surface area (Å²) in [6.45, 7) is 3.49. The fraction of sp³-hybridized carbons (Fsp3) is 0.438. The zero-order valence-corrected chi connectivity index (χ0v) is 12.6. The van der Waals surface area contributed by atoms with Crippen LogP contribution in [0.3, 0.4) is 0 Å². The van der Waals surface area contributed by atoms with Gasteiger partial charge in [-0.05, 0) is 38.8 Å². The molecular formula is C16H19NO5. The normalized spacial score (nSPS) is 18.5. The molecular weight excluding hydrogens is 286 g/mol. The van der Waals surface area contributed by atoms with Crippen molar-refractivity contribution in [3.63, 3.8) is 0 Å². The molecule has 1 aromatic rings. The van der Waals surface area contributed by atoms with E-state index < -0.39 is 24.1 Å². The van der Waals surface area contributed by atoms with E-state index in [1.54, 1.807) is 24.3 Å². The van der Waals surface area contributed by atoms with Gasteiger partial charge in [-0.3, -0.25) is 9.59 Å². The van der Waals surface area contributed by atoms with Crippen LogP contribution in [-0.4, -0.2) is 36.5 Å². The van der Waals surface area contributed by atoms with Gasteiger partial charge in [0, 0.05) is 17.9 Å². The third-order valence-electron chi connectivity index (χ3n) is 3.39. The van der Waals surface area contributed by atoms with E-state index in [1.165, 1.54) is 13.8 Å². The quantitative estimate of drug-likeness (QED) is 0.664. The summed E-state index contributed by atoms with van der Waals surface area (Å²) in [4.78, 5) is 35.1. The van der Waals surface area contributed by atoms with Crippen LogP contribution in [0.5, 0.6) is 0 Å². The Morgan fingerprint density at radius 1 is 1.36 bits per heavy atom. The summed E-state index contributed by atoms with van der Waals surface area (Å²) in [7, 11) is 0. The minimum atomic E-state index is -0.933. The van der Waals surface area contributed by atoms with Gasteiger partial charge in [0.1, 0.15) is 0 Å². The fourth-order valence-corrected chi connectivity index (χ4v) is 2.13. The Bertz CT molecular complexity index is 578. The molecule has 1 fully saturated rings. The van der Waals surface area contributed by atoms with E-state index in [4.69, 9.17) is 9.47 Å². The number of carbonyl (C=O) groups excluding carboxylic acids is 3. The molecule has 1 N–H and O–H groups in total. The number of esters is 1. The van der Waals surface area contributed by atoms with Crippen LogP contribution in [0.25, 0.3) is 0 Å². The number of rotatable bonds is 5. The first kappa shape index (κ1) is 16.2. The van der Waals surface area contributed by atoms with Crippen molar-refractivity contribution in [2.24, 2.45) is 0 Å². The van der Waals surface area contributed by atoms with E-state index in [1.807, 2.05) is 0 Å². The number of carbonyl (C=O) groups is 3. The molecule has 0 aliphatic carbocycles. The van der Waals surface area contributed by atoms with E-state index in [9.17, 15) is 14.4 Å². The molecule has 0 bridgehead atoms. The zero-order chi connectivity index (χ0) is 16.1. The van der Waals surface area contributed by atoms with Crippen molar-refractivity contribution in [1.82, 2.24) is 0 Å². The number of ketones is 1. The lowest BCUT2D eigenvalue weighted by atomic mass is 10.1. The number of Topliss-reactive ketones (excluding diaryl/α,β-unsaturated/α-hetero) is 1. The van der Waals surface area contributed by atoms with Gasteiger partial charge in [0.05, 0.1) is 0 Å². The highest BCUT2D eigenvalue weighted by Gasteiger charge is 2.28. The predicted octanol–water partition coefficient (Wildman–Crippen LogP) is 1.94. The first-order chi connectivity index (χ1) is 10.5. The van der Waals surface area contributed by atoms with Crippen LogP contribution in [-0.2, 0) is 19.1 Å². The van der Waals surface area contributed by atoms with E-state index >= 15 is 0 Å². The number of benzene rings is 1. The van der Waals surface area contributed by atoms with Gasteiger partial charge in [0.2, 0.25) is 0 Å². The van der Waals surface area contributed by atoms with Crippen LogP contribution in [0.4, 0.5) is 5.69 Å². The lowest BCUT2D eigenvalue weighted by molar-refractivity contribution is -0.162. The Morgan fingerprint density at radius 3 is 2.77 bits per heavy atom. The van der Waals surface area contributed by atoms with Crippen LogP contribution in [0.1, 0.15) is 37.0 Å². The topological polar surface area (TPSA) is 81.7 Å². The molecule has 1 aliphatic rings. The third kappa shape index (κ3) is 4.14. The maximum absolute atomic E-state index is 12.0. The molecule has 118 valence electrons. The summed E-state index contributed by atoms with van der Waals surface area (Å²) in [5, 5.41) is 2.62. The second-order valence-electron chi connectivity index (χ2n) is 5.21. The molecule has 0 radical (unpaired) electrons. The number of anilines is 1. The van der Waals surface area contributed by atoms with Crippen molar-refractivity contribution >= 4 is 23.3 Å². The van der Waals surface area contributed by atoms with Crippen LogP contribution >= 0.6 is 0 Å². The lowest BCUT2D eigenvalue weighted by Crippen LogP contribution is -2.34. The van der Waals surface area contributed by atoms with Gasteiger partial charge in [0.15, 0.2) is 18.0 Å². The molecule has 6 heteroatoms. The van der Waals surface area contributed by atoms with Gasteiger partial charge < -0.3 is 14.8 Å². The summed E-state index contributed by atoms with van der Waals surface area (Å²) in [5.41, 5.74) is 0.986. The Kier molecular flexibility index (Phi) is 5.27. The average molecular weight is 305 g/mol. The van der Waals surface area contributed by atoms with Crippen molar-refractivity contribution in [2.45, 2.75) is 38.9 Å². The summed E-state index contributed by atoms with van der Waals surface area (Å²) in [6.07, 6.45) is -0.0691. The molecule has 2 rings (SSSR count). The number of hydrogen-bond donors (Lipinski definition) is 1. The average Bonchev–Trinajstić information content (AvgIpc) is 3.01. The molecule has 0 spiro atoms. The summed E-state index contributed by atoms with van der Waals surface area (Å²) < 4.78 is 10.3. The molecule has 1 amide bonds. The second-order valence-corrected chi connectivity index (χ2v) is 5.21. The molecule has 1 aromatic carbocycles. The van der Waals surface area contributed by atoms with Gasteiger partial charge in [0.25, 0.3) is 5.91 Å². The first-order valence-corrected chi connectivity index (χ1v) is 7.21. The molecule has 1 saturated heterocycles. The fourth-order valence-electron chi connectivity index (χ4n) is 2.13. The zero-order valence-electron chi connectivity index (χ0n) is 12.6. The van der Waals surface area contributed by atoms with Gasteiger partial charge in [-0.25, -0.2) is 4.79 Å². The molecule has 2 atom stereocenters. The van der Waals surface area contributed by atoms with Crippen molar-refractivity contribution in [3.8, 4) is 0 Å². The third-order valence-corrected chi connectivity index (χ3v) is 3.39. The Balaban J connectivity index is 1.92. The summed E-state index contributed by atoms with van der Waals surface area (Å²) in [6, 6.07) is 6.59. The van der Waals surface area contributed by atoms with Gasteiger partial charge >= 0.3 is 5.97 Å². The molecule has 6 nitrogen and oxygen atoms in total. The Hall–Kier alpha value is -2.21. The van der Waals surface area contributed by atoms with Crippen LogP contribution < -0.4 is 5.32 Å². The van der Waals surface area contributed by atoms with Crippen molar-refractivity contribution in [1.29, 1.82) is 0 Å². The maximum atomic E-state index is 12.0. The van der Waals surface area contributed by atoms with Crippen LogP contribution in [0.15, 0.2) is 24.3 Å². The Labute approximate surface area is 128 Å². The summed E-state index contributed by atoms with van der Waals surface area (Å²) >= 11 is 0. The largest absolute Gasteiger partial charge is 0.451 e. The minimum absolute atomic E-state index is 0.0889. The first-order valence-electron chi connectivity index (χ1n) is 7.21. The SMILES string of the molecule is CC(=O)c1cccc(NC(=O)[C@H](C)OC(=O)[C@H]2CCCO2)c1. The molecule has 1 heterocycles. The predicted molar refractivity (Wildman–Crippen MR) is 79.6 cm³/mol. The highest BCUT2D eigenvalue weighted by molar-refractivity contribution is 5.98. The van der Waals surface area contributed by atoms with Crippen molar-refractivity contribution < 1.29 is 23.9 Å². The maximum Gasteiger partial charge on any atom is 0.336 e. The van der Waals surface area contributed by atoms with Crippen LogP contribution in [0.2, 0.25) is 0 Å². The number of amides is 1. The van der Waals surface area contributed by atoms with Crippen molar-refractivity contribution in [3.05, 3.63) is 29.8 Å². The van der Waals surface area contributed by atoms with Gasteiger partial charge in [-0.15, -0.1) is 0 Å². The molecule has 0 unspecified atom stereocenters. The van der Waals surface area contributed by atoms with E-state index in [0.717, 1.165) is 6.42 Å². The Morgan fingerprint density at radius 2 is 2.14 bits per heavy atom. The monoisotopic (exact) mass is 305 g/mol. The van der Waals surface area contributed by atoms with Gasteiger partial charge in [-0.2, -0.15) is 0 Å². The highest BCUT2D eigenvalue weighted by atomic mass is 16.6. The second kappa shape index (κ2) is 7.17. The standard InChI is InChI=1S/C16H19NO5/c1-10(18)12-5-3-6-13(9-12)17-15(19)11(2)22-16(20)14-7-4-8-21-14/h3,5-6,9,11,14H,4,7-8H2,1-2H3,(H,17,19)/t11-,14+/m0/s1. The molecule has 1 aliphatic heterocycles.